The lowest BCUT2D eigenvalue weighted by Gasteiger charge is -2.35. The van der Waals surface area contributed by atoms with Crippen molar-refractivity contribution < 1.29 is 14.3 Å². The molecule has 3 aromatic rings. The fraction of sp³-hybridized carbons (Fsp3) is 0.304. The maximum absolute atomic E-state index is 13.7. The zero-order valence-electron chi connectivity index (χ0n) is 17.1. The molecule has 1 amide bonds. The first-order valence-electron chi connectivity index (χ1n) is 10.1. The van der Waals surface area contributed by atoms with E-state index >= 15 is 0 Å². The number of ether oxygens (including phenoxy) is 2. The summed E-state index contributed by atoms with van der Waals surface area (Å²) in [5.41, 5.74) is 4.46. The molecule has 1 N–H and O–H groups in total. The minimum absolute atomic E-state index is 0.0348. The Morgan fingerprint density at radius 2 is 1.87 bits per heavy atom. The zero-order chi connectivity index (χ0) is 20.7. The predicted molar refractivity (Wildman–Crippen MR) is 115 cm³/mol. The summed E-state index contributed by atoms with van der Waals surface area (Å²) in [6, 6.07) is 15.6. The number of aromatic nitrogens is 2. The maximum atomic E-state index is 13.7. The van der Waals surface area contributed by atoms with Crippen molar-refractivity contribution in [3.63, 3.8) is 0 Å². The molecule has 2 aliphatic heterocycles. The van der Waals surface area contributed by atoms with Crippen LogP contribution in [0.15, 0.2) is 59.8 Å². The molecule has 30 heavy (non-hydrogen) atoms. The summed E-state index contributed by atoms with van der Waals surface area (Å²) in [6.07, 6.45) is 0. The first kappa shape index (κ1) is 18.7. The van der Waals surface area contributed by atoms with Crippen LogP contribution in [0.3, 0.4) is 0 Å². The second kappa shape index (κ2) is 7.50. The summed E-state index contributed by atoms with van der Waals surface area (Å²) in [5, 5.41) is 3.37. The van der Waals surface area contributed by atoms with Crippen LogP contribution in [0.1, 0.15) is 18.5 Å². The Hall–Kier alpha value is -3.32. The molecule has 0 bridgehead atoms. The number of nitrogens with one attached hydrogen (secondary N) is 1. The molecular weight excluding hydrogens is 380 g/mol. The van der Waals surface area contributed by atoms with Crippen molar-refractivity contribution in [3.8, 4) is 5.75 Å². The van der Waals surface area contributed by atoms with E-state index < -0.39 is 0 Å². The lowest BCUT2D eigenvalue weighted by molar-refractivity contribution is -0.131. The molecule has 0 spiro atoms. The SMILES string of the molecule is COc1ccc(C2C(C(=O)N3CCOCC3)=C(C)Nc3nc4ccccc4n32)cc1. The third-order valence-electron chi connectivity index (χ3n) is 5.79. The van der Waals surface area contributed by atoms with Gasteiger partial charge in [-0.25, -0.2) is 4.98 Å². The largest absolute Gasteiger partial charge is 0.497 e. The number of allylic oxidation sites excluding steroid dienone is 1. The zero-order valence-corrected chi connectivity index (χ0v) is 17.1. The number of imidazole rings is 1. The Kier molecular flexibility index (Phi) is 4.67. The average molecular weight is 404 g/mol. The molecule has 1 unspecified atom stereocenters. The second-order valence-electron chi connectivity index (χ2n) is 7.54. The third kappa shape index (κ3) is 3.02. The number of amides is 1. The Labute approximate surface area is 174 Å². The minimum atomic E-state index is -0.282. The standard InChI is InChI=1S/C23H24N4O3/c1-15-20(22(28)26-11-13-30-14-12-26)21(16-7-9-17(29-2)10-8-16)27-19-6-4-3-5-18(19)25-23(27)24-15/h3-10,21H,11-14H2,1-2H3,(H,24,25). The molecule has 3 heterocycles. The number of hydrogen-bond donors (Lipinski definition) is 1. The highest BCUT2D eigenvalue weighted by Gasteiger charge is 2.36. The summed E-state index contributed by atoms with van der Waals surface area (Å²) in [7, 11) is 1.65. The molecule has 7 nitrogen and oxygen atoms in total. The molecule has 2 aliphatic rings. The molecule has 7 heteroatoms. The van der Waals surface area contributed by atoms with Crippen LogP contribution in [0.2, 0.25) is 0 Å². The number of anilines is 1. The van der Waals surface area contributed by atoms with Gasteiger partial charge in [0.25, 0.3) is 5.91 Å². The molecule has 1 aromatic heterocycles. The summed E-state index contributed by atoms with van der Waals surface area (Å²) in [5.74, 6) is 1.56. The van der Waals surface area contributed by atoms with Crippen LogP contribution in [-0.2, 0) is 9.53 Å². The lowest BCUT2D eigenvalue weighted by atomic mass is 9.93. The smallest absolute Gasteiger partial charge is 0.254 e. The molecule has 1 fully saturated rings. The normalized spacial score (nSPS) is 18.9. The van der Waals surface area contributed by atoms with E-state index in [1.807, 2.05) is 60.4 Å². The van der Waals surface area contributed by atoms with Gasteiger partial charge in [-0.2, -0.15) is 0 Å². The van der Waals surface area contributed by atoms with Gasteiger partial charge in [0.15, 0.2) is 0 Å². The van der Waals surface area contributed by atoms with Crippen LogP contribution in [0, 0.1) is 0 Å². The number of nitrogens with zero attached hydrogens (tertiary/aromatic N) is 3. The first-order valence-corrected chi connectivity index (χ1v) is 10.1. The summed E-state index contributed by atoms with van der Waals surface area (Å²) in [6.45, 7) is 4.29. The highest BCUT2D eigenvalue weighted by molar-refractivity contribution is 5.98. The molecule has 1 saturated heterocycles. The van der Waals surface area contributed by atoms with Crippen LogP contribution in [-0.4, -0.2) is 53.8 Å². The maximum Gasteiger partial charge on any atom is 0.254 e. The van der Waals surface area contributed by atoms with Crippen molar-refractivity contribution in [1.29, 1.82) is 0 Å². The molecule has 0 aliphatic carbocycles. The number of benzene rings is 2. The second-order valence-corrected chi connectivity index (χ2v) is 7.54. The monoisotopic (exact) mass is 404 g/mol. The van der Waals surface area contributed by atoms with Gasteiger partial charge in [-0.3, -0.25) is 9.36 Å². The fourth-order valence-corrected chi connectivity index (χ4v) is 4.28. The van der Waals surface area contributed by atoms with Gasteiger partial charge in [-0.05, 0) is 36.8 Å². The van der Waals surface area contributed by atoms with Crippen molar-refractivity contribution in [2.45, 2.75) is 13.0 Å². The predicted octanol–water partition coefficient (Wildman–Crippen LogP) is 3.19. The number of fused-ring (bicyclic) bond motifs is 3. The third-order valence-corrected chi connectivity index (χ3v) is 5.79. The number of rotatable bonds is 3. The van der Waals surface area contributed by atoms with E-state index in [0.717, 1.165) is 39.6 Å². The number of carbonyl (C=O) groups is 1. The highest BCUT2D eigenvalue weighted by Crippen LogP contribution is 2.40. The van der Waals surface area contributed by atoms with E-state index in [2.05, 4.69) is 9.88 Å². The van der Waals surface area contributed by atoms with Crippen molar-refractivity contribution in [1.82, 2.24) is 14.5 Å². The molecular formula is C23H24N4O3. The van der Waals surface area contributed by atoms with Crippen LogP contribution in [0.4, 0.5) is 5.95 Å². The molecule has 5 rings (SSSR count). The highest BCUT2D eigenvalue weighted by atomic mass is 16.5. The van der Waals surface area contributed by atoms with E-state index in [4.69, 9.17) is 14.5 Å². The summed E-state index contributed by atoms with van der Waals surface area (Å²) >= 11 is 0. The van der Waals surface area contributed by atoms with Gasteiger partial charge in [0.1, 0.15) is 5.75 Å². The van der Waals surface area contributed by atoms with Gasteiger partial charge in [-0.15, -0.1) is 0 Å². The van der Waals surface area contributed by atoms with Crippen molar-refractivity contribution >= 4 is 22.9 Å². The number of hydrogen-bond acceptors (Lipinski definition) is 5. The van der Waals surface area contributed by atoms with Gasteiger partial charge < -0.3 is 19.7 Å². The van der Waals surface area contributed by atoms with Crippen LogP contribution in [0.25, 0.3) is 11.0 Å². The number of carbonyl (C=O) groups excluding carboxylic acids is 1. The summed E-state index contributed by atoms with van der Waals surface area (Å²) < 4.78 is 12.9. The number of methoxy groups -OCH3 is 1. The van der Waals surface area contributed by atoms with Crippen molar-refractivity contribution in [2.24, 2.45) is 0 Å². The van der Waals surface area contributed by atoms with Crippen molar-refractivity contribution in [2.75, 3.05) is 38.7 Å². The van der Waals surface area contributed by atoms with Gasteiger partial charge in [0.05, 0.1) is 43.0 Å². The van der Waals surface area contributed by atoms with E-state index in [-0.39, 0.29) is 11.9 Å². The Morgan fingerprint density at radius 3 is 2.60 bits per heavy atom. The Morgan fingerprint density at radius 1 is 1.13 bits per heavy atom. The number of para-hydroxylation sites is 2. The van der Waals surface area contributed by atoms with Gasteiger partial charge in [0.2, 0.25) is 5.95 Å². The van der Waals surface area contributed by atoms with E-state index in [1.165, 1.54) is 0 Å². The van der Waals surface area contributed by atoms with Crippen LogP contribution < -0.4 is 10.1 Å². The molecule has 0 radical (unpaired) electrons. The Balaban J connectivity index is 1.68. The van der Waals surface area contributed by atoms with Crippen LogP contribution >= 0.6 is 0 Å². The topological polar surface area (TPSA) is 68.6 Å². The van der Waals surface area contributed by atoms with Crippen molar-refractivity contribution in [3.05, 3.63) is 65.4 Å². The minimum Gasteiger partial charge on any atom is -0.497 e. The van der Waals surface area contributed by atoms with Crippen LogP contribution in [0.5, 0.6) is 5.75 Å². The van der Waals surface area contributed by atoms with Gasteiger partial charge >= 0.3 is 0 Å². The summed E-state index contributed by atoms with van der Waals surface area (Å²) in [4.78, 5) is 20.3. The lowest BCUT2D eigenvalue weighted by Crippen LogP contribution is -2.44. The molecule has 1 atom stereocenters. The molecule has 154 valence electrons. The molecule has 2 aromatic carbocycles. The molecule has 0 saturated carbocycles. The van der Waals surface area contributed by atoms with Gasteiger partial charge in [0, 0.05) is 18.8 Å². The first-order chi connectivity index (χ1) is 14.7. The van der Waals surface area contributed by atoms with E-state index in [1.54, 1.807) is 7.11 Å². The van der Waals surface area contributed by atoms with E-state index in [9.17, 15) is 4.79 Å². The van der Waals surface area contributed by atoms with E-state index in [0.29, 0.717) is 26.3 Å². The quantitative estimate of drug-likeness (QED) is 0.726. The number of morpholine rings is 1. The van der Waals surface area contributed by atoms with Gasteiger partial charge in [-0.1, -0.05) is 24.3 Å². The average Bonchev–Trinajstić information content (AvgIpc) is 3.16. The Bertz CT molecular complexity index is 1130. The fourth-order valence-electron chi connectivity index (χ4n) is 4.28.